The number of hydrogen-bond donors (Lipinski definition) is 1. The molecule has 2 N–H and O–H groups in total. The number of fused-ring (bicyclic) bond motifs is 2. The number of hydrazine groups is 1. The van der Waals surface area contributed by atoms with Crippen LogP contribution >= 0.6 is 11.8 Å². The van der Waals surface area contributed by atoms with Gasteiger partial charge >= 0.3 is 0 Å². The highest BCUT2D eigenvalue weighted by Gasteiger charge is 2.31. The fourth-order valence-electron chi connectivity index (χ4n) is 4.46. The SMILES string of the molecule is COc1ccc2nccc(CCN3CCC(N(N)C(=O)c4ccc5c(n4)N(C)C(=O)CS5)C3)c2n1. The number of nitrogens with zero attached hydrogens (tertiary/aromatic N) is 6. The third kappa shape index (κ3) is 4.66. The highest BCUT2D eigenvalue weighted by molar-refractivity contribution is 8.00. The van der Waals surface area contributed by atoms with Gasteiger partial charge in [-0.05, 0) is 42.7 Å². The molecule has 10 nitrogen and oxygen atoms in total. The van der Waals surface area contributed by atoms with Gasteiger partial charge in [0.15, 0.2) is 0 Å². The number of pyridine rings is 3. The minimum Gasteiger partial charge on any atom is -0.481 e. The maximum Gasteiger partial charge on any atom is 0.286 e. The molecule has 35 heavy (non-hydrogen) atoms. The zero-order chi connectivity index (χ0) is 24.5. The predicted octanol–water partition coefficient (Wildman–Crippen LogP) is 1.73. The number of carbonyl (C=O) groups is 2. The Labute approximate surface area is 207 Å². The number of amides is 2. The lowest BCUT2D eigenvalue weighted by atomic mass is 10.1. The fourth-order valence-corrected chi connectivity index (χ4v) is 5.41. The Hall–Kier alpha value is -3.28. The van der Waals surface area contributed by atoms with Crippen LogP contribution < -0.4 is 15.5 Å². The van der Waals surface area contributed by atoms with Crippen molar-refractivity contribution in [3.63, 3.8) is 0 Å². The number of ether oxygens (including phenoxy) is 1. The molecule has 0 saturated carbocycles. The second-order valence-corrected chi connectivity index (χ2v) is 9.67. The second kappa shape index (κ2) is 9.76. The molecule has 0 radical (unpaired) electrons. The van der Waals surface area contributed by atoms with E-state index in [4.69, 9.17) is 10.6 Å². The molecule has 3 aromatic rings. The molecule has 11 heteroatoms. The third-order valence-corrected chi connectivity index (χ3v) is 7.55. The van der Waals surface area contributed by atoms with Crippen LogP contribution in [0.2, 0.25) is 0 Å². The number of anilines is 1. The van der Waals surface area contributed by atoms with Crippen molar-refractivity contribution in [3.05, 3.63) is 47.8 Å². The first-order valence-corrected chi connectivity index (χ1v) is 12.4. The molecule has 2 amide bonds. The average molecular weight is 494 g/mol. The topological polar surface area (TPSA) is 118 Å². The first kappa shape index (κ1) is 23.5. The predicted molar refractivity (Wildman–Crippen MR) is 133 cm³/mol. The largest absolute Gasteiger partial charge is 0.481 e. The normalized spacial score (nSPS) is 18.1. The summed E-state index contributed by atoms with van der Waals surface area (Å²) in [5, 5.41) is 1.29. The Morgan fingerprint density at radius 1 is 1.26 bits per heavy atom. The first-order valence-electron chi connectivity index (χ1n) is 11.4. The summed E-state index contributed by atoms with van der Waals surface area (Å²) in [5.74, 6) is 7.34. The summed E-state index contributed by atoms with van der Waals surface area (Å²) in [5.41, 5.74) is 3.03. The van der Waals surface area contributed by atoms with Gasteiger partial charge in [-0.2, -0.15) is 0 Å². The number of methoxy groups -OCH3 is 1. The van der Waals surface area contributed by atoms with Gasteiger partial charge in [0.25, 0.3) is 5.91 Å². The molecule has 1 unspecified atom stereocenters. The monoisotopic (exact) mass is 493 g/mol. The lowest BCUT2D eigenvalue weighted by Crippen LogP contribution is -2.47. The lowest BCUT2D eigenvalue weighted by Gasteiger charge is -2.26. The molecule has 1 saturated heterocycles. The first-order chi connectivity index (χ1) is 16.9. The number of carbonyl (C=O) groups excluding carboxylic acids is 2. The summed E-state index contributed by atoms with van der Waals surface area (Å²) in [6.45, 7) is 2.34. The van der Waals surface area contributed by atoms with Gasteiger partial charge < -0.3 is 9.64 Å². The number of likely N-dealkylation sites (tertiary alicyclic amines) is 1. The summed E-state index contributed by atoms with van der Waals surface area (Å²) in [6.07, 6.45) is 3.38. The van der Waals surface area contributed by atoms with Crippen LogP contribution in [-0.2, 0) is 11.2 Å². The maximum absolute atomic E-state index is 13.1. The fraction of sp³-hybridized carbons (Fsp3) is 0.375. The maximum atomic E-state index is 13.1. The number of rotatable bonds is 6. The van der Waals surface area contributed by atoms with E-state index in [-0.39, 0.29) is 23.6 Å². The van der Waals surface area contributed by atoms with Crippen LogP contribution in [0, 0.1) is 0 Å². The summed E-state index contributed by atoms with van der Waals surface area (Å²) < 4.78 is 5.27. The molecule has 0 aliphatic carbocycles. The molecule has 0 spiro atoms. The quantitative estimate of drug-likeness (QED) is 0.311. The number of hydrogen-bond acceptors (Lipinski definition) is 9. The van der Waals surface area contributed by atoms with Crippen LogP contribution in [0.5, 0.6) is 5.88 Å². The second-order valence-electron chi connectivity index (χ2n) is 8.66. The van der Waals surface area contributed by atoms with Gasteiger partial charge in [0.05, 0.1) is 34.8 Å². The Morgan fingerprint density at radius 2 is 2.11 bits per heavy atom. The highest BCUT2D eigenvalue weighted by atomic mass is 32.2. The van der Waals surface area contributed by atoms with Crippen molar-refractivity contribution in [3.8, 4) is 5.88 Å². The van der Waals surface area contributed by atoms with E-state index in [1.165, 1.54) is 21.7 Å². The van der Waals surface area contributed by atoms with Gasteiger partial charge in [0, 0.05) is 38.9 Å². The van der Waals surface area contributed by atoms with E-state index in [9.17, 15) is 9.59 Å². The average Bonchev–Trinajstić information content (AvgIpc) is 3.37. The van der Waals surface area contributed by atoms with Crippen molar-refractivity contribution in [2.24, 2.45) is 5.84 Å². The molecule has 5 heterocycles. The smallest absolute Gasteiger partial charge is 0.286 e. The van der Waals surface area contributed by atoms with E-state index in [0.717, 1.165) is 47.4 Å². The van der Waals surface area contributed by atoms with E-state index in [1.54, 1.807) is 26.4 Å². The van der Waals surface area contributed by atoms with Gasteiger partial charge in [0.1, 0.15) is 11.5 Å². The van der Waals surface area contributed by atoms with E-state index < -0.39 is 0 Å². The van der Waals surface area contributed by atoms with Crippen LogP contribution in [-0.4, -0.2) is 82.3 Å². The Morgan fingerprint density at radius 3 is 2.94 bits per heavy atom. The van der Waals surface area contributed by atoms with Crippen molar-refractivity contribution in [2.75, 3.05) is 44.4 Å². The van der Waals surface area contributed by atoms with Gasteiger partial charge in [-0.1, -0.05) is 0 Å². The number of aromatic nitrogens is 3. The van der Waals surface area contributed by atoms with Crippen LogP contribution in [0.3, 0.4) is 0 Å². The highest BCUT2D eigenvalue weighted by Crippen LogP contribution is 2.33. The van der Waals surface area contributed by atoms with Crippen molar-refractivity contribution in [1.82, 2.24) is 24.9 Å². The molecule has 182 valence electrons. The zero-order valence-electron chi connectivity index (χ0n) is 19.7. The van der Waals surface area contributed by atoms with E-state index in [0.29, 0.717) is 24.0 Å². The van der Waals surface area contributed by atoms with Crippen molar-refractivity contribution >= 4 is 40.4 Å². The Bertz CT molecular complexity index is 1290. The summed E-state index contributed by atoms with van der Waals surface area (Å²) in [4.78, 5) is 43.2. The van der Waals surface area contributed by atoms with E-state index in [1.807, 2.05) is 24.3 Å². The van der Waals surface area contributed by atoms with Crippen LogP contribution in [0.25, 0.3) is 11.0 Å². The number of nitrogens with two attached hydrogens (primary N) is 1. The molecule has 0 aromatic carbocycles. The lowest BCUT2D eigenvalue weighted by molar-refractivity contribution is -0.116. The van der Waals surface area contributed by atoms with E-state index in [2.05, 4.69) is 19.9 Å². The Balaban J connectivity index is 1.23. The van der Waals surface area contributed by atoms with Crippen LogP contribution in [0.15, 0.2) is 41.4 Å². The Kier molecular flexibility index (Phi) is 6.54. The van der Waals surface area contributed by atoms with Gasteiger partial charge in [-0.15, -0.1) is 11.8 Å². The van der Waals surface area contributed by atoms with Gasteiger partial charge in [-0.25, -0.2) is 15.8 Å². The molecular weight excluding hydrogens is 466 g/mol. The molecule has 1 atom stereocenters. The zero-order valence-corrected chi connectivity index (χ0v) is 20.5. The van der Waals surface area contributed by atoms with Crippen molar-refractivity contribution < 1.29 is 14.3 Å². The van der Waals surface area contributed by atoms with Crippen LogP contribution in [0.1, 0.15) is 22.5 Å². The third-order valence-electron chi connectivity index (χ3n) is 6.53. The van der Waals surface area contributed by atoms with Gasteiger partial charge in [-0.3, -0.25) is 24.5 Å². The minimum absolute atomic E-state index is 0.0359. The van der Waals surface area contributed by atoms with Gasteiger partial charge in [0.2, 0.25) is 11.8 Å². The van der Waals surface area contributed by atoms with E-state index >= 15 is 0 Å². The minimum atomic E-state index is -0.340. The molecule has 1 fully saturated rings. The molecule has 3 aromatic heterocycles. The number of thioether (sulfide) groups is 1. The summed E-state index contributed by atoms with van der Waals surface area (Å²) in [6, 6.07) is 9.11. The van der Waals surface area contributed by atoms with Crippen LogP contribution in [0.4, 0.5) is 5.82 Å². The summed E-state index contributed by atoms with van der Waals surface area (Å²) >= 11 is 1.43. The summed E-state index contributed by atoms with van der Waals surface area (Å²) in [7, 11) is 3.28. The molecule has 0 bridgehead atoms. The molecular formula is C24H27N7O3S. The van der Waals surface area contributed by atoms with Crippen molar-refractivity contribution in [1.29, 1.82) is 0 Å². The van der Waals surface area contributed by atoms with Crippen molar-refractivity contribution in [2.45, 2.75) is 23.8 Å². The molecule has 5 rings (SSSR count). The standard InChI is InChI=1S/C24H27N7O3S/c1-29-21(32)14-35-19-5-3-18(27-23(19)29)24(33)31(25)16-9-12-30(13-16)11-8-15-7-10-26-17-4-6-20(34-2)28-22(15)17/h3-7,10,16H,8-9,11-14,25H2,1-2H3. The molecule has 2 aliphatic rings. The molecule has 2 aliphatic heterocycles.